The first-order valence-electron chi connectivity index (χ1n) is 5.81. The summed E-state index contributed by atoms with van der Waals surface area (Å²) >= 11 is 3.50. The average Bonchev–Trinajstić information content (AvgIpc) is 2.79. The van der Waals surface area contributed by atoms with Crippen molar-refractivity contribution in [2.24, 2.45) is 0 Å². The van der Waals surface area contributed by atoms with Crippen LogP contribution in [0.5, 0.6) is 5.75 Å². The van der Waals surface area contributed by atoms with Crippen molar-refractivity contribution in [1.29, 1.82) is 0 Å². The molecule has 2 aliphatic heterocycles. The summed E-state index contributed by atoms with van der Waals surface area (Å²) in [6.45, 7) is 2.05. The van der Waals surface area contributed by atoms with Crippen molar-refractivity contribution in [3.05, 3.63) is 34.6 Å². The highest BCUT2D eigenvalue weighted by Gasteiger charge is 2.45. The van der Waals surface area contributed by atoms with Gasteiger partial charge in [0.25, 0.3) is 0 Å². The van der Waals surface area contributed by atoms with E-state index in [4.69, 9.17) is 4.74 Å². The van der Waals surface area contributed by atoms with Crippen LogP contribution >= 0.6 is 15.9 Å². The van der Waals surface area contributed by atoms with Gasteiger partial charge in [-0.3, -0.25) is 0 Å². The van der Waals surface area contributed by atoms with Gasteiger partial charge >= 0.3 is 0 Å². The molecule has 18 heavy (non-hydrogen) atoms. The fraction of sp³-hybridized carbons (Fsp3) is 0.333. The van der Waals surface area contributed by atoms with Gasteiger partial charge in [0.2, 0.25) is 11.7 Å². The molecule has 6 heteroatoms. The highest BCUT2D eigenvalue weighted by molar-refractivity contribution is 9.10. The number of ether oxygens (including phenoxy) is 1. The van der Waals surface area contributed by atoms with Crippen LogP contribution in [0.2, 0.25) is 0 Å². The van der Waals surface area contributed by atoms with Crippen LogP contribution in [0.1, 0.15) is 24.9 Å². The van der Waals surface area contributed by atoms with Gasteiger partial charge < -0.3 is 10.1 Å². The Morgan fingerprint density at radius 2 is 2.44 bits per heavy atom. The zero-order valence-electron chi connectivity index (χ0n) is 9.72. The van der Waals surface area contributed by atoms with Gasteiger partial charge in [0.05, 0.1) is 6.04 Å². The number of fused-ring (bicyclic) bond motifs is 6. The third-order valence-electron chi connectivity index (χ3n) is 3.56. The Morgan fingerprint density at radius 1 is 1.56 bits per heavy atom. The van der Waals surface area contributed by atoms with Gasteiger partial charge in [0.1, 0.15) is 12.1 Å². The SMILES string of the molecule is CC12CC(Nc3ncnn31)c1cc(Br)ccc1O2. The van der Waals surface area contributed by atoms with E-state index in [1.165, 1.54) is 0 Å². The first-order chi connectivity index (χ1) is 8.66. The first kappa shape index (κ1) is 10.4. The van der Waals surface area contributed by atoms with Crippen LogP contribution in [0.3, 0.4) is 0 Å². The number of benzene rings is 1. The Bertz CT molecular complexity index is 641. The van der Waals surface area contributed by atoms with Crippen molar-refractivity contribution in [3.63, 3.8) is 0 Å². The number of halogens is 1. The Morgan fingerprint density at radius 3 is 3.33 bits per heavy atom. The molecule has 2 aliphatic rings. The van der Waals surface area contributed by atoms with E-state index in [1.807, 2.05) is 23.7 Å². The minimum Gasteiger partial charge on any atom is -0.466 e. The zero-order chi connectivity index (χ0) is 12.3. The Labute approximate surface area is 112 Å². The second-order valence-electron chi connectivity index (χ2n) is 4.86. The second kappa shape index (κ2) is 3.26. The van der Waals surface area contributed by atoms with E-state index in [2.05, 4.69) is 37.4 Å². The summed E-state index contributed by atoms with van der Waals surface area (Å²) in [7, 11) is 0. The molecule has 0 radical (unpaired) electrons. The summed E-state index contributed by atoms with van der Waals surface area (Å²) in [5.41, 5.74) is 0.707. The maximum Gasteiger partial charge on any atom is 0.225 e. The van der Waals surface area contributed by atoms with Crippen molar-refractivity contribution < 1.29 is 4.74 Å². The van der Waals surface area contributed by atoms with Crippen molar-refractivity contribution in [3.8, 4) is 5.75 Å². The Balaban J connectivity index is 1.91. The molecule has 2 unspecified atom stereocenters. The number of hydrogen-bond acceptors (Lipinski definition) is 4. The van der Waals surface area contributed by atoms with Gasteiger partial charge in [0, 0.05) is 16.5 Å². The molecule has 0 fully saturated rings. The van der Waals surface area contributed by atoms with E-state index >= 15 is 0 Å². The molecule has 0 saturated heterocycles. The molecular formula is C12H11BrN4O. The largest absolute Gasteiger partial charge is 0.466 e. The van der Waals surface area contributed by atoms with E-state index in [0.717, 1.165) is 28.2 Å². The number of nitrogens with zero attached hydrogens (tertiary/aromatic N) is 3. The number of anilines is 1. The van der Waals surface area contributed by atoms with E-state index in [1.54, 1.807) is 6.33 Å². The van der Waals surface area contributed by atoms with Gasteiger partial charge in [-0.15, -0.1) is 0 Å². The third kappa shape index (κ3) is 1.26. The van der Waals surface area contributed by atoms with Crippen LogP contribution in [0.25, 0.3) is 0 Å². The van der Waals surface area contributed by atoms with Gasteiger partial charge in [-0.1, -0.05) is 15.9 Å². The van der Waals surface area contributed by atoms with E-state index in [0.29, 0.717) is 0 Å². The standard InChI is InChI=1S/C12H11BrN4O/c1-12-5-9(16-11-14-6-15-17(11)12)8-4-7(13)2-3-10(8)18-12/h2-4,6,9H,5H2,1H3,(H,14,15,16). The molecule has 2 bridgehead atoms. The molecule has 0 aliphatic carbocycles. The average molecular weight is 307 g/mol. The fourth-order valence-corrected chi connectivity index (χ4v) is 3.13. The fourth-order valence-electron chi connectivity index (χ4n) is 2.75. The molecule has 0 spiro atoms. The lowest BCUT2D eigenvalue weighted by Crippen LogP contribution is -2.47. The predicted molar refractivity (Wildman–Crippen MR) is 69.4 cm³/mol. The maximum atomic E-state index is 6.13. The summed E-state index contributed by atoms with van der Waals surface area (Å²) in [5.74, 6) is 1.67. The lowest BCUT2D eigenvalue weighted by atomic mass is 9.92. The summed E-state index contributed by atoms with van der Waals surface area (Å²) < 4.78 is 9.00. The van der Waals surface area contributed by atoms with E-state index < -0.39 is 5.72 Å². The normalized spacial score (nSPS) is 27.8. The van der Waals surface area contributed by atoms with Crippen LogP contribution in [-0.2, 0) is 5.72 Å². The third-order valence-corrected chi connectivity index (χ3v) is 4.05. The van der Waals surface area contributed by atoms with Gasteiger partial charge in [-0.2, -0.15) is 14.8 Å². The van der Waals surface area contributed by atoms with Gasteiger partial charge in [-0.05, 0) is 25.1 Å². The zero-order valence-corrected chi connectivity index (χ0v) is 11.3. The van der Waals surface area contributed by atoms with Crippen molar-refractivity contribution in [1.82, 2.24) is 14.8 Å². The van der Waals surface area contributed by atoms with Gasteiger partial charge in [0.15, 0.2) is 0 Å². The molecule has 0 saturated carbocycles. The molecule has 92 valence electrons. The maximum absolute atomic E-state index is 6.13. The van der Waals surface area contributed by atoms with Crippen LogP contribution in [0.4, 0.5) is 5.95 Å². The van der Waals surface area contributed by atoms with Crippen LogP contribution in [0, 0.1) is 0 Å². The minimum absolute atomic E-state index is 0.216. The van der Waals surface area contributed by atoms with Crippen LogP contribution < -0.4 is 10.1 Å². The summed E-state index contributed by atoms with van der Waals surface area (Å²) in [5, 5.41) is 7.65. The summed E-state index contributed by atoms with van der Waals surface area (Å²) in [6, 6.07) is 6.30. The Hall–Kier alpha value is -1.56. The molecule has 1 N–H and O–H groups in total. The molecule has 2 aromatic rings. The Kier molecular flexibility index (Phi) is 1.88. The molecule has 2 atom stereocenters. The number of hydrogen-bond donors (Lipinski definition) is 1. The highest BCUT2D eigenvalue weighted by Crippen LogP contribution is 2.47. The van der Waals surface area contributed by atoms with Crippen LogP contribution in [-0.4, -0.2) is 14.8 Å². The number of aromatic nitrogens is 3. The van der Waals surface area contributed by atoms with Crippen molar-refractivity contribution in [2.75, 3.05) is 5.32 Å². The van der Waals surface area contributed by atoms with Gasteiger partial charge in [-0.25, -0.2) is 0 Å². The molecular weight excluding hydrogens is 296 g/mol. The quantitative estimate of drug-likeness (QED) is 0.813. The predicted octanol–water partition coefficient (Wildman–Crippen LogP) is 2.66. The van der Waals surface area contributed by atoms with Crippen molar-refractivity contribution in [2.45, 2.75) is 25.1 Å². The summed E-state index contributed by atoms with van der Waals surface area (Å²) in [6.07, 6.45) is 2.39. The molecule has 1 aromatic heterocycles. The van der Waals surface area contributed by atoms with E-state index in [9.17, 15) is 0 Å². The molecule has 5 nitrogen and oxygen atoms in total. The number of rotatable bonds is 0. The smallest absolute Gasteiger partial charge is 0.225 e. The highest BCUT2D eigenvalue weighted by atomic mass is 79.9. The number of nitrogens with one attached hydrogen (secondary N) is 1. The first-order valence-corrected chi connectivity index (χ1v) is 6.60. The second-order valence-corrected chi connectivity index (χ2v) is 5.77. The minimum atomic E-state index is -0.456. The monoisotopic (exact) mass is 306 g/mol. The summed E-state index contributed by atoms with van der Waals surface area (Å²) in [4.78, 5) is 4.23. The lowest BCUT2D eigenvalue weighted by Gasteiger charge is -2.44. The molecule has 4 rings (SSSR count). The molecule has 3 heterocycles. The van der Waals surface area contributed by atoms with Crippen LogP contribution in [0.15, 0.2) is 29.0 Å². The van der Waals surface area contributed by atoms with E-state index in [-0.39, 0.29) is 6.04 Å². The van der Waals surface area contributed by atoms with Crippen molar-refractivity contribution >= 4 is 21.9 Å². The lowest BCUT2D eigenvalue weighted by molar-refractivity contribution is -0.0346. The molecule has 0 amide bonds. The topological polar surface area (TPSA) is 52.0 Å². The molecule has 1 aromatic carbocycles.